The van der Waals surface area contributed by atoms with Crippen molar-refractivity contribution in [3.05, 3.63) is 63.5 Å². The lowest BCUT2D eigenvalue weighted by Gasteiger charge is -2.08. The standard InChI is InChI=1S/C22H20N2O4S/c1-12-4-6-15-13(2)16(21(26)28-18(15)10-12)7-9-20(25)24-22-23-17-8-5-14(27-3)11-19(17)29-22/h4-6,8,10-11H,7,9H2,1-3H3,(H,23,24,25). The molecule has 1 amide bonds. The molecule has 2 aromatic heterocycles. The van der Waals surface area contributed by atoms with E-state index in [4.69, 9.17) is 9.15 Å². The zero-order valence-electron chi connectivity index (χ0n) is 16.4. The maximum Gasteiger partial charge on any atom is 0.339 e. The third kappa shape index (κ3) is 3.86. The summed E-state index contributed by atoms with van der Waals surface area (Å²) in [6, 6.07) is 11.3. The van der Waals surface area contributed by atoms with Crippen LogP contribution in [0.1, 0.15) is 23.1 Å². The molecule has 2 aromatic carbocycles. The predicted octanol–water partition coefficient (Wildman–Crippen LogP) is 4.60. The second-order valence-corrected chi connectivity index (χ2v) is 7.92. The van der Waals surface area contributed by atoms with Gasteiger partial charge in [0.1, 0.15) is 11.3 Å². The zero-order valence-corrected chi connectivity index (χ0v) is 17.2. The fourth-order valence-electron chi connectivity index (χ4n) is 3.30. The molecule has 29 heavy (non-hydrogen) atoms. The predicted molar refractivity (Wildman–Crippen MR) is 115 cm³/mol. The number of anilines is 1. The van der Waals surface area contributed by atoms with Crippen LogP contribution < -0.4 is 15.7 Å². The summed E-state index contributed by atoms with van der Waals surface area (Å²) in [5, 5.41) is 4.24. The van der Waals surface area contributed by atoms with Gasteiger partial charge >= 0.3 is 5.63 Å². The van der Waals surface area contributed by atoms with Gasteiger partial charge in [-0.1, -0.05) is 23.5 Å². The van der Waals surface area contributed by atoms with E-state index in [-0.39, 0.29) is 18.0 Å². The van der Waals surface area contributed by atoms with Gasteiger partial charge in [0, 0.05) is 17.4 Å². The minimum atomic E-state index is -0.388. The molecule has 0 unspecified atom stereocenters. The Kier molecular flexibility index (Phi) is 5.07. The highest BCUT2D eigenvalue weighted by Gasteiger charge is 2.14. The second-order valence-electron chi connectivity index (χ2n) is 6.89. The lowest BCUT2D eigenvalue weighted by molar-refractivity contribution is -0.116. The van der Waals surface area contributed by atoms with Gasteiger partial charge in [-0.3, -0.25) is 4.79 Å². The lowest BCUT2D eigenvalue weighted by Crippen LogP contribution is -2.16. The number of methoxy groups -OCH3 is 1. The van der Waals surface area contributed by atoms with Crippen LogP contribution >= 0.6 is 11.3 Å². The van der Waals surface area contributed by atoms with E-state index in [1.165, 1.54) is 11.3 Å². The molecule has 6 nitrogen and oxygen atoms in total. The monoisotopic (exact) mass is 408 g/mol. The summed E-state index contributed by atoms with van der Waals surface area (Å²) in [4.78, 5) is 29.2. The normalized spacial score (nSPS) is 11.1. The summed E-state index contributed by atoms with van der Waals surface area (Å²) in [5.74, 6) is 0.548. The Morgan fingerprint density at radius 2 is 2.03 bits per heavy atom. The van der Waals surface area contributed by atoms with Crippen molar-refractivity contribution in [2.24, 2.45) is 0 Å². The van der Waals surface area contributed by atoms with Gasteiger partial charge in [0.2, 0.25) is 5.91 Å². The van der Waals surface area contributed by atoms with Gasteiger partial charge < -0.3 is 14.5 Å². The Bertz CT molecular complexity index is 1290. The number of fused-ring (bicyclic) bond motifs is 2. The molecule has 4 aromatic rings. The number of aryl methyl sites for hydroxylation is 2. The first-order chi connectivity index (χ1) is 13.9. The van der Waals surface area contributed by atoms with E-state index in [0.717, 1.165) is 32.5 Å². The zero-order chi connectivity index (χ0) is 20.5. The number of nitrogens with zero attached hydrogens (tertiary/aromatic N) is 1. The Labute approximate surface area is 171 Å². The van der Waals surface area contributed by atoms with Crippen LogP contribution in [0.3, 0.4) is 0 Å². The third-order valence-electron chi connectivity index (χ3n) is 4.89. The van der Waals surface area contributed by atoms with Crippen molar-refractivity contribution >= 4 is 43.6 Å². The molecule has 0 aliphatic carbocycles. The molecule has 4 rings (SSSR count). The van der Waals surface area contributed by atoms with E-state index in [9.17, 15) is 9.59 Å². The van der Waals surface area contributed by atoms with E-state index in [1.807, 2.05) is 50.2 Å². The molecule has 0 aliphatic heterocycles. The average molecular weight is 408 g/mol. The van der Waals surface area contributed by atoms with Gasteiger partial charge in [-0.15, -0.1) is 0 Å². The van der Waals surface area contributed by atoms with E-state index in [1.54, 1.807) is 7.11 Å². The Balaban J connectivity index is 1.50. The van der Waals surface area contributed by atoms with E-state index in [0.29, 0.717) is 22.7 Å². The van der Waals surface area contributed by atoms with Crippen LogP contribution in [0, 0.1) is 13.8 Å². The topological polar surface area (TPSA) is 81.4 Å². The Morgan fingerprint density at radius 3 is 2.83 bits per heavy atom. The van der Waals surface area contributed by atoms with Gasteiger partial charge in [0.25, 0.3) is 0 Å². The molecule has 2 heterocycles. The highest BCUT2D eigenvalue weighted by atomic mass is 32.1. The SMILES string of the molecule is COc1ccc2nc(NC(=O)CCc3c(C)c4ccc(C)cc4oc3=O)sc2c1. The largest absolute Gasteiger partial charge is 0.497 e. The van der Waals surface area contributed by atoms with Crippen molar-refractivity contribution in [1.82, 2.24) is 4.98 Å². The molecule has 7 heteroatoms. The number of hydrogen-bond acceptors (Lipinski definition) is 6. The molecule has 0 saturated heterocycles. The molecule has 0 saturated carbocycles. The van der Waals surface area contributed by atoms with Crippen molar-refractivity contribution < 1.29 is 13.9 Å². The van der Waals surface area contributed by atoms with Crippen molar-refractivity contribution in [2.45, 2.75) is 26.7 Å². The summed E-state index contributed by atoms with van der Waals surface area (Å²) in [6.45, 7) is 3.84. The molecule has 0 radical (unpaired) electrons. The van der Waals surface area contributed by atoms with Crippen LogP contribution in [0.15, 0.2) is 45.6 Å². The minimum Gasteiger partial charge on any atom is -0.497 e. The summed E-state index contributed by atoms with van der Waals surface area (Å²) in [5.41, 5.74) is 3.40. The van der Waals surface area contributed by atoms with E-state index >= 15 is 0 Å². The highest BCUT2D eigenvalue weighted by molar-refractivity contribution is 7.22. The highest BCUT2D eigenvalue weighted by Crippen LogP contribution is 2.29. The summed E-state index contributed by atoms with van der Waals surface area (Å²) >= 11 is 1.38. The summed E-state index contributed by atoms with van der Waals surface area (Å²) < 4.78 is 11.6. The molecule has 0 fully saturated rings. The number of nitrogens with one attached hydrogen (secondary N) is 1. The Morgan fingerprint density at radius 1 is 1.21 bits per heavy atom. The van der Waals surface area contributed by atoms with Crippen LogP contribution in [0.4, 0.5) is 5.13 Å². The van der Waals surface area contributed by atoms with Crippen LogP contribution in [0.25, 0.3) is 21.2 Å². The fourth-order valence-corrected chi connectivity index (χ4v) is 4.21. The summed E-state index contributed by atoms with van der Waals surface area (Å²) in [6.07, 6.45) is 0.477. The maximum absolute atomic E-state index is 12.4. The van der Waals surface area contributed by atoms with Gasteiger partial charge in [-0.2, -0.15) is 0 Å². The molecular formula is C22H20N2O4S. The number of aromatic nitrogens is 1. The van der Waals surface area contributed by atoms with Gasteiger partial charge in [0.15, 0.2) is 5.13 Å². The number of amides is 1. The molecule has 0 atom stereocenters. The first kappa shape index (κ1) is 19.1. The first-order valence-electron chi connectivity index (χ1n) is 9.22. The average Bonchev–Trinajstić information content (AvgIpc) is 3.08. The first-order valence-corrected chi connectivity index (χ1v) is 10.0. The fraction of sp³-hybridized carbons (Fsp3) is 0.227. The van der Waals surface area contributed by atoms with Crippen molar-refractivity contribution in [3.8, 4) is 5.75 Å². The summed E-state index contributed by atoms with van der Waals surface area (Å²) in [7, 11) is 1.61. The van der Waals surface area contributed by atoms with E-state index < -0.39 is 0 Å². The smallest absolute Gasteiger partial charge is 0.339 e. The molecule has 0 aliphatic rings. The number of benzene rings is 2. The van der Waals surface area contributed by atoms with E-state index in [2.05, 4.69) is 10.3 Å². The number of thiazole rings is 1. The van der Waals surface area contributed by atoms with Crippen molar-refractivity contribution in [2.75, 3.05) is 12.4 Å². The second kappa shape index (κ2) is 7.67. The van der Waals surface area contributed by atoms with Gasteiger partial charge in [0.05, 0.1) is 17.3 Å². The maximum atomic E-state index is 12.4. The molecule has 0 bridgehead atoms. The van der Waals surface area contributed by atoms with Crippen LogP contribution in [-0.2, 0) is 11.2 Å². The van der Waals surface area contributed by atoms with Crippen LogP contribution in [0.2, 0.25) is 0 Å². The van der Waals surface area contributed by atoms with Crippen molar-refractivity contribution in [1.29, 1.82) is 0 Å². The van der Waals surface area contributed by atoms with Crippen molar-refractivity contribution in [3.63, 3.8) is 0 Å². The number of hydrogen-bond donors (Lipinski definition) is 1. The van der Waals surface area contributed by atoms with Crippen LogP contribution in [-0.4, -0.2) is 18.0 Å². The van der Waals surface area contributed by atoms with Crippen LogP contribution in [0.5, 0.6) is 5.75 Å². The minimum absolute atomic E-state index is 0.169. The van der Waals surface area contributed by atoms with Gasteiger partial charge in [-0.05, 0) is 55.7 Å². The third-order valence-corrected chi connectivity index (χ3v) is 5.82. The van der Waals surface area contributed by atoms with Gasteiger partial charge in [-0.25, -0.2) is 9.78 Å². The number of ether oxygens (including phenoxy) is 1. The molecule has 148 valence electrons. The number of carbonyl (C=O) groups is 1. The Hall–Kier alpha value is -3.19. The molecular weight excluding hydrogens is 388 g/mol. The number of carbonyl (C=O) groups excluding carboxylic acids is 1. The number of rotatable bonds is 5. The molecule has 1 N–H and O–H groups in total. The lowest BCUT2D eigenvalue weighted by atomic mass is 10.0. The molecule has 0 spiro atoms. The quantitative estimate of drug-likeness (QED) is 0.488.